The van der Waals surface area contributed by atoms with E-state index in [4.69, 9.17) is 0 Å². The minimum Gasteiger partial charge on any atom is -0.351 e. The van der Waals surface area contributed by atoms with Crippen LogP contribution < -0.4 is 10.6 Å². The van der Waals surface area contributed by atoms with Crippen molar-refractivity contribution in [2.75, 3.05) is 11.9 Å². The molecule has 0 unspecified atom stereocenters. The van der Waals surface area contributed by atoms with Crippen LogP contribution in [0.4, 0.5) is 24.7 Å². The number of benzene rings is 1. The van der Waals surface area contributed by atoms with E-state index in [0.717, 1.165) is 18.6 Å². The Kier molecular flexibility index (Phi) is 5.15. The molecule has 0 radical (unpaired) electrons. The molecular weight excluding hydrogens is 309 g/mol. The van der Waals surface area contributed by atoms with Crippen molar-refractivity contribution < 1.29 is 18.0 Å². The number of nitrogens with one attached hydrogen (secondary N) is 2. The molecular formula is C15H15F3N4O. The van der Waals surface area contributed by atoms with Crippen LogP contribution in [0.2, 0.25) is 0 Å². The van der Waals surface area contributed by atoms with Crippen LogP contribution in [0, 0.1) is 0 Å². The van der Waals surface area contributed by atoms with Gasteiger partial charge in [0.2, 0.25) is 0 Å². The third-order valence-corrected chi connectivity index (χ3v) is 2.90. The zero-order chi connectivity index (χ0) is 16.9. The van der Waals surface area contributed by atoms with Crippen LogP contribution in [0.3, 0.4) is 0 Å². The lowest BCUT2D eigenvalue weighted by Gasteiger charge is -2.10. The number of amides is 1. The second kappa shape index (κ2) is 7.08. The summed E-state index contributed by atoms with van der Waals surface area (Å²) in [5, 5.41) is 12.9. The number of aromatic nitrogens is 2. The molecule has 2 N–H and O–H groups in total. The monoisotopic (exact) mass is 324 g/mol. The van der Waals surface area contributed by atoms with E-state index >= 15 is 0 Å². The van der Waals surface area contributed by atoms with E-state index in [9.17, 15) is 18.0 Å². The highest BCUT2D eigenvalue weighted by Gasteiger charge is 2.30. The molecule has 5 nitrogen and oxygen atoms in total. The van der Waals surface area contributed by atoms with Crippen LogP contribution in [-0.4, -0.2) is 22.6 Å². The Labute approximate surface area is 130 Å². The van der Waals surface area contributed by atoms with E-state index in [1.165, 1.54) is 24.3 Å². The Morgan fingerprint density at radius 2 is 1.96 bits per heavy atom. The van der Waals surface area contributed by atoms with Crippen molar-refractivity contribution in [1.82, 2.24) is 15.5 Å². The summed E-state index contributed by atoms with van der Waals surface area (Å²) in [6.45, 7) is 2.46. The number of carbonyl (C=O) groups excluding carboxylic acids is 1. The molecule has 0 saturated carbocycles. The molecule has 2 rings (SSSR count). The van der Waals surface area contributed by atoms with Crippen molar-refractivity contribution in [2.45, 2.75) is 19.5 Å². The lowest BCUT2D eigenvalue weighted by atomic mass is 10.2. The highest BCUT2D eigenvalue weighted by Crippen LogP contribution is 2.31. The molecule has 122 valence electrons. The minimum absolute atomic E-state index is 0.146. The molecule has 0 spiro atoms. The summed E-state index contributed by atoms with van der Waals surface area (Å²) in [5.41, 5.74) is -0.378. The summed E-state index contributed by atoms with van der Waals surface area (Å²) in [6.07, 6.45) is -3.61. The first-order chi connectivity index (χ1) is 10.9. The standard InChI is InChI=1S/C15H15F3N4O/c1-2-8-19-14(23)12-6-7-13(22-21-12)20-11-5-3-4-10(9-11)15(16,17)18/h3-7,9H,2,8H2,1H3,(H,19,23)(H,20,22). The Morgan fingerprint density at radius 3 is 2.57 bits per heavy atom. The van der Waals surface area contributed by atoms with Gasteiger partial charge < -0.3 is 10.6 Å². The van der Waals surface area contributed by atoms with Gasteiger partial charge in [0.15, 0.2) is 11.5 Å². The molecule has 1 heterocycles. The minimum atomic E-state index is -4.41. The van der Waals surface area contributed by atoms with E-state index in [0.29, 0.717) is 6.54 Å². The first kappa shape index (κ1) is 16.7. The second-order valence-corrected chi connectivity index (χ2v) is 4.76. The first-order valence-electron chi connectivity index (χ1n) is 6.96. The van der Waals surface area contributed by atoms with E-state index in [1.54, 1.807) is 0 Å². The van der Waals surface area contributed by atoms with Crippen LogP contribution in [0.1, 0.15) is 29.4 Å². The summed E-state index contributed by atoms with van der Waals surface area (Å²) < 4.78 is 38.0. The van der Waals surface area contributed by atoms with Gasteiger partial charge in [-0.1, -0.05) is 13.0 Å². The van der Waals surface area contributed by atoms with Gasteiger partial charge in [-0.2, -0.15) is 13.2 Å². The lowest BCUT2D eigenvalue weighted by Crippen LogP contribution is -2.25. The van der Waals surface area contributed by atoms with E-state index < -0.39 is 11.7 Å². The smallest absolute Gasteiger partial charge is 0.351 e. The van der Waals surface area contributed by atoms with Crippen LogP contribution >= 0.6 is 0 Å². The molecule has 0 saturated heterocycles. The van der Waals surface area contributed by atoms with Gasteiger partial charge in [-0.25, -0.2) is 0 Å². The third-order valence-electron chi connectivity index (χ3n) is 2.90. The molecule has 2 aromatic rings. The zero-order valence-corrected chi connectivity index (χ0v) is 12.3. The van der Waals surface area contributed by atoms with Crippen LogP contribution in [0.25, 0.3) is 0 Å². The summed E-state index contributed by atoms with van der Waals surface area (Å²) in [7, 11) is 0. The molecule has 1 aromatic carbocycles. The average Bonchev–Trinajstić information content (AvgIpc) is 2.53. The zero-order valence-electron chi connectivity index (χ0n) is 12.3. The summed E-state index contributed by atoms with van der Waals surface area (Å²) in [4.78, 5) is 11.7. The Bertz CT molecular complexity index is 671. The van der Waals surface area contributed by atoms with Crippen molar-refractivity contribution in [3.8, 4) is 0 Å². The van der Waals surface area contributed by atoms with E-state index in [-0.39, 0.29) is 23.1 Å². The Balaban J connectivity index is 2.08. The van der Waals surface area contributed by atoms with Gasteiger partial charge in [-0.05, 0) is 36.8 Å². The SMILES string of the molecule is CCCNC(=O)c1ccc(Nc2cccc(C(F)(F)F)c2)nn1. The number of rotatable bonds is 5. The summed E-state index contributed by atoms with van der Waals surface area (Å²) in [5.74, 6) is -0.0960. The van der Waals surface area contributed by atoms with Crippen molar-refractivity contribution in [2.24, 2.45) is 0 Å². The van der Waals surface area contributed by atoms with Gasteiger partial charge in [-0.3, -0.25) is 4.79 Å². The molecule has 0 aliphatic rings. The Hall–Kier alpha value is -2.64. The summed E-state index contributed by atoms with van der Waals surface area (Å²) in [6, 6.07) is 7.67. The van der Waals surface area contributed by atoms with Gasteiger partial charge in [0.05, 0.1) is 5.56 Å². The van der Waals surface area contributed by atoms with Crippen molar-refractivity contribution >= 4 is 17.4 Å². The molecule has 0 atom stereocenters. The second-order valence-electron chi connectivity index (χ2n) is 4.76. The number of halogens is 3. The van der Waals surface area contributed by atoms with Crippen LogP contribution in [-0.2, 0) is 6.18 Å². The normalized spacial score (nSPS) is 11.1. The number of nitrogens with zero attached hydrogens (tertiary/aromatic N) is 2. The number of hydrogen-bond acceptors (Lipinski definition) is 4. The predicted molar refractivity (Wildman–Crippen MR) is 79.4 cm³/mol. The van der Waals surface area contributed by atoms with E-state index in [1.807, 2.05) is 6.92 Å². The molecule has 1 aromatic heterocycles. The molecule has 0 aliphatic heterocycles. The van der Waals surface area contributed by atoms with Gasteiger partial charge in [-0.15, -0.1) is 10.2 Å². The third kappa shape index (κ3) is 4.67. The molecule has 23 heavy (non-hydrogen) atoms. The maximum absolute atomic E-state index is 12.7. The molecule has 0 fully saturated rings. The fourth-order valence-corrected chi connectivity index (χ4v) is 1.77. The van der Waals surface area contributed by atoms with Gasteiger partial charge in [0, 0.05) is 12.2 Å². The summed E-state index contributed by atoms with van der Waals surface area (Å²) >= 11 is 0. The number of hydrogen-bond donors (Lipinski definition) is 2. The van der Waals surface area contributed by atoms with Gasteiger partial charge >= 0.3 is 6.18 Å². The van der Waals surface area contributed by atoms with E-state index in [2.05, 4.69) is 20.8 Å². The number of carbonyl (C=O) groups is 1. The molecule has 0 bridgehead atoms. The molecule has 8 heteroatoms. The molecule has 0 aliphatic carbocycles. The fraction of sp³-hybridized carbons (Fsp3) is 0.267. The van der Waals surface area contributed by atoms with Gasteiger partial charge in [0.25, 0.3) is 5.91 Å². The highest BCUT2D eigenvalue weighted by atomic mass is 19.4. The molecule has 1 amide bonds. The van der Waals surface area contributed by atoms with Gasteiger partial charge in [0.1, 0.15) is 0 Å². The quantitative estimate of drug-likeness (QED) is 0.885. The Morgan fingerprint density at radius 1 is 1.17 bits per heavy atom. The van der Waals surface area contributed by atoms with Crippen molar-refractivity contribution in [3.05, 3.63) is 47.7 Å². The first-order valence-corrected chi connectivity index (χ1v) is 6.96. The maximum Gasteiger partial charge on any atom is 0.416 e. The lowest BCUT2D eigenvalue weighted by molar-refractivity contribution is -0.137. The number of anilines is 2. The topological polar surface area (TPSA) is 66.9 Å². The predicted octanol–water partition coefficient (Wildman–Crippen LogP) is 3.38. The highest BCUT2D eigenvalue weighted by molar-refractivity contribution is 5.92. The largest absolute Gasteiger partial charge is 0.416 e. The van der Waals surface area contributed by atoms with Crippen LogP contribution in [0.5, 0.6) is 0 Å². The number of alkyl halides is 3. The van der Waals surface area contributed by atoms with Crippen LogP contribution in [0.15, 0.2) is 36.4 Å². The van der Waals surface area contributed by atoms with Crippen molar-refractivity contribution in [1.29, 1.82) is 0 Å². The maximum atomic E-state index is 12.7. The van der Waals surface area contributed by atoms with Crippen molar-refractivity contribution in [3.63, 3.8) is 0 Å². The fourth-order valence-electron chi connectivity index (χ4n) is 1.77. The average molecular weight is 324 g/mol.